The summed E-state index contributed by atoms with van der Waals surface area (Å²) < 4.78 is 5.93. The van der Waals surface area contributed by atoms with Gasteiger partial charge in [0.15, 0.2) is 0 Å². The maximum Gasteiger partial charge on any atom is 0.223 e. The number of ether oxygens (including phenoxy) is 1. The number of rotatable bonds is 8. The van der Waals surface area contributed by atoms with Crippen molar-refractivity contribution < 1.29 is 9.53 Å². The van der Waals surface area contributed by atoms with E-state index in [2.05, 4.69) is 62.5 Å². The van der Waals surface area contributed by atoms with E-state index in [1.807, 2.05) is 6.21 Å². The fourth-order valence-electron chi connectivity index (χ4n) is 5.09. The van der Waals surface area contributed by atoms with Gasteiger partial charge < -0.3 is 10.1 Å². The Hall–Kier alpha value is -2.36. The van der Waals surface area contributed by atoms with Gasteiger partial charge in [0.2, 0.25) is 5.91 Å². The summed E-state index contributed by atoms with van der Waals surface area (Å²) in [5.74, 6) is 2.76. The number of hydrogen-bond donors (Lipinski definition) is 1. The normalized spacial score (nSPS) is 24.4. The van der Waals surface area contributed by atoms with Crippen molar-refractivity contribution >= 4 is 12.1 Å². The van der Waals surface area contributed by atoms with Gasteiger partial charge >= 0.3 is 0 Å². The Morgan fingerprint density at radius 3 is 2.58 bits per heavy atom. The largest absolute Gasteiger partial charge is 0.491 e. The number of benzene rings is 1. The molecule has 1 aromatic carbocycles. The van der Waals surface area contributed by atoms with Gasteiger partial charge in [-0.2, -0.15) is 0 Å². The van der Waals surface area contributed by atoms with Crippen LogP contribution in [0.1, 0.15) is 102 Å². The molecule has 0 spiro atoms. The topological polar surface area (TPSA) is 50.7 Å². The number of carbonyl (C=O) groups excluding carboxylic acids is 1. The Kier molecular flexibility index (Phi) is 8.06. The monoisotopic (exact) mass is 448 g/mol. The minimum absolute atomic E-state index is 0.0812. The molecule has 2 aliphatic carbocycles. The first kappa shape index (κ1) is 23.8. The van der Waals surface area contributed by atoms with Gasteiger partial charge in [0.1, 0.15) is 5.76 Å². The summed E-state index contributed by atoms with van der Waals surface area (Å²) in [6, 6.07) is 9.08. The molecule has 2 saturated carbocycles. The Labute approximate surface area is 199 Å². The zero-order chi connectivity index (χ0) is 23.2. The van der Waals surface area contributed by atoms with Crippen LogP contribution in [0.4, 0.5) is 0 Å². The van der Waals surface area contributed by atoms with E-state index in [1.165, 1.54) is 43.2 Å². The summed E-state index contributed by atoms with van der Waals surface area (Å²) in [6.07, 6.45) is 16.7. The van der Waals surface area contributed by atoms with Crippen molar-refractivity contribution in [1.29, 1.82) is 0 Å². The van der Waals surface area contributed by atoms with Crippen LogP contribution < -0.4 is 5.32 Å². The second-order valence-corrected chi connectivity index (χ2v) is 10.4. The zero-order valence-electron chi connectivity index (χ0n) is 20.6. The van der Waals surface area contributed by atoms with E-state index < -0.39 is 0 Å². The Bertz CT molecular complexity index is 893. The van der Waals surface area contributed by atoms with Crippen LogP contribution in [0.25, 0.3) is 0 Å². The molecule has 0 saturated heterocycles. The number of carbonyl (C=O) groups is 1. The van der Waals surface area contributed by atoms with E-state index in [4.69, 9.17) is 9.73 Å². The maximum absolute atomic E-state index is 12.1. The van der Waals surface area contributed by atoms with Crippen LogP contribution in [0.2, 0.25) is 0 Å². The van der Waals surface area contributed by atoms with Crippen LogP contribution in [-0.2, 0) is 9.53 Å². The van der Waals surface area contributed by atoms with Gasteiger partial charge in [-0.05, 0) is 88.3 Å². The average molecular weight is 449 g/mol. The van der Waals surface area contributed by atoms with Gasteiger partial charge in [-0.15, -0.1) is 0 Å². The lowest BCUT2D eigenvalue weighted by atomic mass is 9.89. The van der Waals surface area contributed by atoms with Crippen molar-refractivity contribution in [3.05, 3.63) is 59.0 Å². The van der Waals surface area contributed by atoms with Crippen LogP contribution >= 0.6 is 0 Å². The van der Waals surface area contributed by atoms with Crippen LogP contribution in [0, 0.1) is 11.8 Å². The number of allylic oxidation sites excluding steroid dienone is 3. The molecule has 1 heterocycles. The highest BCUT2D eigenvalue weighted by Crippen LogP contribution is 2.37. The number of nitrogens with zero attached hydrogens (tertiary/aromatic N) is 1. The van der Waals surface area contributed by atoms with Gasteiger partial charge in [0.25, 0.3) is 0 Å². The summed E-state index contributed by atoms with van der Waals surface area (Å²) >= 11 is 0. The van der Waals surface area contributed by atoms with E-state index >= 15 is 0 Å². The van der Waals surface area contributed by atoms with E-state index in [0.29, 0.717) is 11.8 Å². The second-order valence-electron chi connectivity index (χ2n) is 10.4. The fourth-order valence-corrected chi connectivity index (χ4v) is 5.09. The van der Waals surface area contributed by atoms with Crippen molar-refractivity contribution in [1.82, 2.24) is 5.32 Å². The van der Waals surface area contributed by atoms with Crippen LogP contribution in [0.15, 0.2) is 52.9 Å². The van der Waals surface area contributed by atoms with E-state index in [1.54, 1.807) is 0 Å². The first-order chi connectivity index (χ1) is 16.0. The molecule has 178 valence electrons. The predicted octanol–water partition coefficient (Wildman–Crippen LogP) is 7.00. The maximum atomic E-state index is 12.1. The van der Waals surface area contributed by atoms with E-state index in [9.17, 15) is 4.79 Å². The lowest BCUT2D eigenvalue weighted by Crippen LogP contribution is -2.27. The zero-order valence-corrected chi connectivity index (χ0v) is 20.6. The van der Waals surface area contributed by atoms with Gasteiger partial charge in [0, 0.05) is 30.3 Å². The molecular weight excluding hydrogens is 408 g/mol. The molecule has 33 heavy (non-hydrogen) atoms. The lowest BCUT2D eigenvalue weighted by molar-refractivity contribution is -0.122. The summed E-state index contributed by atoms with van der Waals surface area (Å²) in [7, 11) is 0. The molecule has 3 aliphatic rings. The molecule has 0 bridgehead atoms. The smallest absolute Gasteiger partial charge is 0.223 e. The highest BCUT2D eigenvalue weighted by atomic mass is 16.5. The third kappa shape index (κ3) is 7.06. The van der Waals surface area contributed by atoms with Gasteiger partial charge in [-0.25, -0.2) is 0 Å². The predicted molar refractivity (Wildman–Crippen MR) is 135 cm³/mol. The third-order valence-corrected chi connectivity index (χ3v) is 7.16. The quantitative estimate of drug-likeness (QED) is 0.436. The molecule has 1 aliphatic heterocycles. The van der Waals surface area contributed by atoms with Crippen molar-refractivity contribution in [2.24, 2.45) is 16.8 Å². The number of aliphatic imine (C=N–C) groups is 1. The first-order valence-corrected chi connectivity index (χ1v) is 13.0. The second kappa shape index (κ2) is 11.2. The van der Waals surface area contributed by atoms with Crippen molar-refractivity contribution in [2.45, 2.75) is 96.6 Å². The van der Waals surface area contributed by atoms with Crippen molar-refractivity contribution in [3.63, 3.8) is 0 Å². The van der Waals surface area contributed by atoms with Crippen molar-refractivity contribution in [2.75, 3.05) is 0 Å². The van der Waals surface area contributed by atoms with Crippen molar-refractivity contribution in [3.8, 4) is 0 Å². The summed E-state index contributed by atoms with van der Waals surface area (Å²) in [4.78, 5) is 16.8. The molecule has 4 rings (SSSR count). The number of nitrogens with one attached hydrogen (secondary N) is 1. The molecule has 0 aromatic heterocycles. The van der Waals surface area contributed by atoms with E-state index in [-0.39, 0.29) is 24.0 Å². The van der Waals surface area contributed by atoms with Crippen LogP contribution in [-0.4, -0.2) is 18.2 Å². The Balaban J connectivity index is 1.31. The number of hydrogen-bond acceptors (Lipinski definition) is 3. The average Bonchev–Trinajstić information content (AvgIpc) is 3.64. The highest BCUT2D eigenvalue weighted by Gasteiger charge is 2.30. The lowest BCUT2D eigenvalue weighted by Gasteiger charge is -2.18. The molecular formula is C29H40N2O2. The molecule has 0 radical (unpaired) electrons. The molecule has 4 heteroatoms. The van der Waals surface area contributed by atoms with Crippen LogP contribution in [0.3, 0.4) is 0 Å². The minimum atomic E-state index is 0.0812. The molecule has 1 aromatic rings. The fraction of sp³-hybridized carbons (Fsp3) is 0.586. The third-order valence-electron chi connectivity index (χ3n) is 7.16. The number of amides is 1. The van der Waals surface area contributed by atoms with Gasteiger partial charge in [-0.1, -0.05) is 37.1 Å². The molecule has 1 amide bonds. The molecule has 2 fully saturated rings. The summed E-state index contributed by atoms with van der Waals surface area (Å²) in [6.45, 7) is 6.23. The Morgan fingerprint density at radius 2 is 1.85 bits per heavy atom. The van der Waals surface area contributed by atoms with Gasteiger partial charge in [-0.3, -0.25) is 9.79 Å². The van der Waals surface area contributed by atoms with E-state index in [0.717, 1.165) is 37.1 Å². The van der Waals surface area contributed by atoms with Gasteiger partial charge in [0.05, 0.1) is 12.1 Å². The minimum Gasteiger partial charge on any atom is -0.491 e. The molecule has 3 unspecified atom stereocenters. The Morgan fingerprint density at radius 1 is 1.06 bits per heavy atom. The molecule has 4 nitrogen and oxygen atoms in total. The SMILES string of the molecule is CC(C)OC1=CCC=NC(CC2CCCC(c3ccc(C(C)NC(=O)C4CC4)cc3)CC2)=C1. The molecule has 3 atom stereocenters. The summed E-state index contributed by atoms with van der Waals surface area (Å²) in [5.41, 5.74) is 3.81. The highest BCUT2D eigenvalue weighted by molar-refractivity contribution is 5.81. The van der Waals surface area contributed by atoms with Crippen LogP contribution in [0.5, 0.6) is 0 Å². The standard InChI is InChI=1S/C29H40N2O2/c1-20(2)33-28-8-5-17-30-27(19-28)18-22-6-4-7-24(10-9-22)25-13-11-23(12-14-25)21(3)31-29(32)26-15-16-26/h8,11-14,17,19-22,24,26H,4-7,9-10,15-16,18H2,1-3H3,(H,31,32). The molecule has 1 N–H and O–H groups in total. The first-order valence-electron chi connectivity index (χ1n) is 13.0. The summed E-state index contributed by atoms with van der Waals surface area (Å²) in [5, 5.41) is 3.16.